The maximum Gasteiger partial charge on any atom is 0.0814 e. The van der Waals surface area contributed by atoms with Crippen molar-refractivity contribution in [2.75, 3.05) is 13.1 Å². The minimum atomic E-state index is 0.0970. The van der Waals surface area contributed by atoms with E-state index in [2.05, 4.69) is 33.0 Å². The van der Waals surface area contributed by atoms with E-state index in [0.29, 0.717) is 5.41 Å². The molecule has 0 amide bonds. The highest BCUT2D eigenvalue weighted by atomic mass is 16.5. The number of hydrogen-bond donors (Lipinski definition) is 1. The van der Waals surface area contributed by atoms with E-state index < -0.39 is 0 Å². The Labute approximate surface area is 107 Å². The molecule has 17 heavy (non-hydrogen) atoms. The summed E-state index contributed by atoms with van der Waals surface area (Å²) in [7, 11) is 0. The van der Waals surface area contributed by atoms with Gasteiger partial charge in [-0.15, -0.1) is 0 Å². The van der Waals surface area contributed by atoms with Gasteiger partial charge in [0.1, 0.15) is 0 Å². The largest absolute Gasteiger partial charge is 0.366 e. The second-order valence-corrected chi connectivity index (χ2v) is 6.94. The first-order valence-corrected chi connectivity index (χ1v) is 7.36. The molecule has 2 nitrogen and oxygen atoms in total. The molecule has 1 spiro atoms. The first kappa shape index (κ1) is 13.4. The van der Waals surface area contributed by atoms with Gasteiger partial charge >= 0.3 is 0 Å². The predicted octanol–water partition coefficient (Wildman–Crippen LogP) is 3.50. The van der Waals surface area contributed by atoms with Gasteiger partial charge in [-0.2, -0.15) is 0 Å². The predicted molar refractivity (Wildman–Crippen MR) is 72.2 cm³/mol. The lowest BCUT2D eigenvalue weighted by atomic mass is 9.70. The van der Waals surface area contributed by atoms with Gasteiger partial charge in [0, 0.05) is 13.1 Å². The Morgan fingerprint density at radius 2 is 1.53 bits per heavy atom. The Hall–Kier alpha value is -0.0800. The van der Waals surface area contributed by atoms with Gasteiger partial charge in [-0.3, -0.25) is 0 Å². The molecule has 1 aliphatic carbocycles. The van der Waals surface area contributed by atoms with Crippen LogP contribution >= 0.6 is 0 Å². The summed E-state index contributed by atoms with van der Waals surface area (Å²) in [4.78, 5) is 0. The Morgan fingerprint density at radius 3 is 2.06 bits per heavy atom. The molecule has 2 heteroatoms. The van der Waals surface area contributed by atoms with Crippen molar-refractivity contribution in [2.45, 2.75) is 77.4 Å². The zero-order valence-corrected chi connectivity index (χ0v) is 12.1. The van der Waals surface area contributed by atoms with Gasteiger partial charge < -0.3 is 10.1 Å². The van der Waals surface area contributed by atoms with Crippen molar-refractivity contribution in [1.82, 2.24) is 5.32 Å². The Kier molecular flexibility index (Phi) is 3.57. The minimum Gasteiger partial charge on any atom is -0.366 e. The van der Waals surface area contributed by atoms with E-state index in [1.165, 1.54) is 25.7 Å². The first-order valence-electron chi connectivity index (χ1n) is 7.36. The molecule has 1 heterocycles. The number of hydrogen-bond acceptors (Lipinski definition) is 2. The van der Waals surface area contributed by atoms with Crippen molar-refractivity contribution in [3.63, 3.8) is 0 Å². The van der Waals surface area contributed by atoms with Gasteiger partial charge in [-0.1, -0.05) is 27.7 Å². The summed E-state index contributed by atoms with van der Waals surface area (Å²) in [6, 6.07) is 0. The quantitative estimate of drug-likeness (QED) is 0.796. The van der Waals surface area contributed by atoms with Crippen molar-refractivity contribution in [2.24, 2.45) is 5.41 Å². The summed E-state index contributed by atoms with van der Waals surface area (Å²) in [5.41, 5.74) is 0.757. The van der Waals surface area contributed by atoms with Crippen LogP contribution in [0, 0.1) is 5.41 Å². The standard InChI is InChI=1S/C15H29NO/c1-5-14(6-2)11-16-12-15(17-14)9-7-13(3,4)8-10-15/h16H,5-12H2,1-4H3. The number of rotatable bonds is 2. The molecule has 100 valence electrons. The molecule has 0 atom stereocenters. The number of ether oxygens (including phenoxy) is 1. The maximum atomic E-state index is 6.63. The van der Waals surface area contributed by atoms with E-state index in [0.717, 1.165) is 25.9 Å². The Bertz CT molecular complexity index is 258. The zero-order chi connectivity index (χ0) is 12.6. The molecule has 0 aromatic rings. The lowest BCUT2D eigenvalue weighted by Crippen LogP contribution is -2.61. The van der Waals surface area contributed by atoms with Crippen LogP contribution in [-0.4, -0.2) is 24.3 Å². The lowest BCUT2D eigenvalue weighted by molar-refractivity contribution is -0.201. The molecule has 0 unspecified atom stereocenters. The van der Waals surface area contributed by atoms with Crippen LogP contribution in [-0.2, 0) is 4.74 Å². The fourth-order valence-corrected chi connectivity index (χ4v) is 3.36. The molecule has 2 aliphatic rings. The summed E-state index contributed by atoms with van der Waals surface area (Å²) in [5, 5.41) is 3.64. The first-order chi connectivity index (χ1) is 7.95. The third-order valence-electron chi connectivity index (χ3n) is 5.13. The summed E-state index contributed by atoms with van der Waals surface area (Å²) >= 11 is 0. The highest BCUT2D eigenvalue weighted by molar-refractivity contribution is 4.99. The molecule has 1 saturated heterocycles. The van der Waals surface area contributed by atoms with E-state index in [4.69, 9.17) is 4.74 Å². The average molecular weight is 239 g/mol. The van der Waals surface area contributed by atoms with Crippen molar-refractivity contribution in [3.05, 3.63) is 0 Å². The Morgan fingerprint density at radius 1 is 0.941 bits per heavy atom. The minimum absolute atomic E-state index is 0.0970. The van der Waals surface area contributed by atoms with E-state index >= 15 is 0 Å². The molecule has 1 aliphatic heterocycles. The molecule has 1 N–H and O–H groups in total. The summed E-state index contributed by atoms with van der Waals surface area (Å²) in [6.45, 7) is 11.4. The van der Waals surface area contributed by atoms with Crippen molar-refractivity contribution in [3.8, 4) is 0 Å². The molecule has 0 aromatic heterocycles. The summed E-state index contributed by atoms with van der Waals surface area (Å²) < 4.78 is 6.63. The van der Waals surface area contributed by atoms with Gasteiger partial charge in [-0.25, -0.2) is 0 Å². The van der Waals surface area contributed by atoms with Gasteiger partial charge in [0.2, 0.25) is 0 Å². The van der Waals surface area contributed by atoms with Crippen LogP contribution in [0.4, 0.5) is 0 Å². The van der Waals surface area contributed by atoms with Gasteiger partial charge in [0.25, 0.3) is 0 Å². The van der Waals surface area contributed by atoms with Crippen molar-refractivity contribution >= 4 is 0 Å². The maximum absolute atomic E-state index is 6.63. The highest BCUT2D eigenvalue weighted by Gasteiger charge is 2.46. The van der Waals surface area contributed by atoms with Crippen LogP contribution < -0.4 is 5.32 Å². The second-order valence-electron chi connectivity index (χ2n) is 6.94. The molecule has 2 rings (SSSR count). The molecular weight excluding hydrogens is 210 g/mol. The van der Waals surface area contributed by atoms with Crippen LogP contribution in [0.25, 0.3) is 0 Å². The van der Waals surface area contributed by atoms with Crippen LogP contribution in [0.15, 0.2) is 0 Å². The molecule has 0 bridgehead atoms. The van der Waals surface area contributed by atoms with Crippen LogP contribution in [0.5, 0.6) is 0 Å². The van der Waals surface area contributed by atoms with Crippen LogP contribution in [0.3, 0.4) is 0 Å². The summed E-state index contributed by atoms with van der Waals surface area (Å²) in [6.07, 6.45) is 7.32. The van der Waals surface area contributed by atoms with E-state index in [-0.39, 0.29) is 11.2 Å². The monoisotopic (exact) mass is 239 g/mol. The number of nitrogens with one attached hydrogen (secondary N) is 1. The van der Waals surface area contributed by atoms with Crippen molar-refractivity contribution < 1.29 is 4.74 Å². The molecular formula is C15H29NO. The fourth-order valence-electron chi connectivity index (χ4n) is 3.36. The smallest absolute Gasteiger partial charge is 0.0814 e. The molecule has 1 saturated carbocycles. The van der Waals surface area contributed by atoms with Gasteiger partial charge in [-0.05, 0) is 43.9 Å². The second kappa shape index (κ2) is 4.55. The van der Waals surface area contributed by atoms with Gasteiger partial charge in [0.05, 0.1) is 11.2 Å². The van der Waals surface area contributed by atoms with Gasteiger partial charge in [0.15, 0.2) is 0 Å². The van der Waals surface area contributed by atoms with Crippen LogP contribution in [0.1, 0.15) is 66.2 Å². The fraction of sp³-hybridized carbons (Fsp3) is 1.00. The van der Waals surface area contributed by atoms with E-state index in [1.807, 2.05) is 0 Å². The highest BCUT2D eigenvalue weighted by Crippen LogP contribution is 2.45. The zero-order valence-electron chi connectivity index (χ0n) is 12.1. The summed E-state index contributed by atoms with van der Waals surface area (Å²) in [5.74, 6) is 0. The Balaban J connectivity index is 2.06. The third-order valence-corrected chi connectivity index (χ3v) is 5.13. The van der Waals surface area contributed by atoms with E-state index in [1.54, 1.807) is 0 Å². The molecule has 0 aromatic carbocycles. The third kappa shape index (κ3) is 2.68. The van der Waals surface area contributed by atoms with Crippen molar-refractivity contribution in [1.29, 1.82) is 0 Å². The lowest BCUT2D eigenvalue weighted by Gasteiger charge is -2.52. The van der Waals surface area contributed by atoms with E-state index in [9.17, 15) is 0 Å². The van der Waals surface area contributed by atoms with Crippen LogP contribution in [0.2, 0.25) is 0 Å². The SMILES string of the molecule is CCC1(CC)CNCC2(CCC(C)(C)CC2)O1. The molecule has 0 radical (unpaired) electrons. The average Bonchev–Trinajstić information content (AvgIpc) is 2.34. The topological polar surface area (TPSA) is 21.3 Å². The molecule has 2 fully saturated rings. The normalized spacial score (nSPS) is 30.4. The number of morpholine rings is 1.